The van der Waals surface area contributed by atoms with E-state index in [1.165, 1.54) is 0 Å². The summed E-state index contributed by atoms with van der Waals surface area (Å²) in [5.74, 6) is 0.329. The maximum absolute atomic E-state index is 11.9. The highest BCUT2D eigenvalue weighted by molar-refractivity contribution is 5.91. The molecule has 2 nitrogen and oxygen atoms in total. The Balaban J connectivity index is 2.19. The van der Waals surface area contributed by atoms with Crippen molar-refractivity contribution in [1.82, 2.24) is 0 Å². The molecule has 0 aromatic heterocycles. The van der Waals surface area contributed by atoms with E-state index < -0.39 is 0 Å². The second kappa shape index (κ2) is 5.30. The van der Waals surface area contributed by atoms with Crippen LogP contribution in [0, 0.1) is 0 Å². The topological polar surface area (TPSA) is 26.3 Å². The zero-order chi connectivity index (χ0) is 12.1. The number of carbonyl (C=O) groups excluding carboxylic acids is 1. The van der Waals surface area contributed by atoms with Crippen LogP contribution in [0.5, 0.6) is 5.75 Å². The lowest BCUT2D eigenvalue weighted by Crippen LogP contribution is -2.09. The van der Waals surface area contributed by atoms with Gasteiger partial charge in [0.2, 0.25) is 0 Å². The smallest absolute Gasteiger partial charge is 0.343 e. The molecule has 0 N–H and O–H groups in total. The molecule has 2 rings (SSSR count). The Morgan fingerprint density at radius 3 is 2.35 bits per heavy atom. The quantitative estimate of drug-likeness (QED) is 0.591. The van der Waals surface area contributed by atoms with Crippen molar-refractivity contribution in [2.24, 2.45) is 0 Å². The molecule has 0 fully saturated rings. The molecule has 0 bridgehead atoms. The van der Waals surface area contributed by atoms with Crippen molar-refractivity contribution in [3.05, 3.63) is 65.7 Å². The number of ether oxygens (including phenoxy) is 1. The molecule has 2 heteroatoms. The van der Waals surface area contributed by atoms with Gasteiger partial charge >= 0.3 is 5.97 Å². The van der Waals surface area contributed by atoms with E-state index in [0.29, 0.717) is 11.3 Å². The SMILES string of the molecule is CCc1ccccc1OC(=O)c1ccccc1. The zero-order valence-electron chi connectivity index (χ0n) is 9.72. The first-order valence-electron chi connectivity index (χ1n) is 5.66. The fraction of sp³-hybridized carbons (Fsp3) is 0.133. The third-order valence-corrected chi connectivity index (χ3v) is 2.57. The van der Waals surface area contributed by atoms with Gasteiger partial charge < -0.3 is 4.74 Å². The molecule has 86 valence electrons. The van der Waals surface area contributed by atoms with E-state index in [-0.39, 0.29) is 5.97 Å². The van der Waals surface area contributed by atoms with Crippen LogP contribution in [0.25, 0.3) is 0 Å². The molecule has 0 saturated heterocycles. The summed E-state index contributed by atoms with van der Waals surface area (Å²) >= 11 is 0. The van der Waals surface area contributed by atoms with E-state index in [1.54, 1.807) is 12.1 Å². The van der Waals surface area contributed by atoms with E-state index in [2.05, 4.69) is 0 Å². The molecule has 0 amide bonds. The van der Waals surface area contributed by atoms with Crippen molar-refractivity contribution in [1.29, 1.82) is 0 Å². The number of para-hydroxylation sites is 1. The van der Waals surface area contributed by atoms with Crippen molar-refractivity contribution in [2.75, 3.05) is 0 Å². The Morgan fingerprint density at radius 1 is 1.00 bits per heavy atom. The Labute approximate surface area is 101 Å². The number of hydrogen-bond donors (Lipinski definition) is 0. The first-order chi connectivity index (χ1) is 8.31. The molecule has 0 aliphatic carbocycles. The molecule has 0 spiro atoms. The van der Waals surface area contributed by atoms with E-state index in [0.717, 1.165) is 12.0 Å². The average Bonchev–Trinajstić information content (AvgIpc) is 2.40. The molecular weight excluding hydrogens is 212 g/mol. The van der Waals surface area contributed by atoms with Gasteiger partial charge in [0.1, 0.15) is 5.75 Å². The molecule has 0 aliphatic heterocycles. The number of benzene rings is 2. The first-order valence-corrected chi connectivity index (χ1v) is 5.66. The molecule has 0 unspecified atom stereocenters. The van der Waals surface area contributed by atoms with Crippen LogP contribution >= 0.6 is 0 Å². The second-order valence-corrected chi connectivity index (χ2v) is 3.72. The third-order valence-electron chi connectivity index (χ3n) is 2.57. The van der Waals surface area contributed by atoms with Crippen molar-refractivity contribution in [3.63, 3.8) is 0 Å². The summed E-state index contributed by atoms with van der Waals surface area (Å²) in [4.78, 5) is 11.9. The van der Waals surface area contributed by atoms with Crippen LogP contribution in [0.2, 0.25) is 0 Å². The minimum Gasteiger partial charge on any atom is -0.423 e. The minimum absolute atomic E-state index is 0.313. The van der Waals surface area contributed by atoms with Crippen molar-refractivity contribution < 1.29 is 9.53 Å². The van der Waals surface area contributed by atoms with E-state index in [4.69, 9.17) is 4.74 Å². The van der Waals surface area contributed by atoms with Crippen molar-refractivity contribution in [2.45, 2.75) is 13.3 Å². The molecule has 2 aromatic rings. The Morgan fingerprint density at radius 2 is 1.65 bits per heavy atom. The van der Waals surface area contributed by atoms with Gasteiger partial charge in [0.15, 0.2) is 0 Å². The van der Waals surface area contributed by atoms with Gasteiger partial charge in [-0.1, -0.05) is 43.3 Å². The van der Waals surface area contributed by atoms with Crippen LogP contribution in [0.3, 0.4) is 0 Å². The summed E-state index contributed by atoms with van der Waals surface area (Å²) in [6, 6.07) is 16.6. The summed E-state index contributed by atoms with van der Waals surface area (Å²) in [7, 11) is 0. The van der Waals surface area contributed by atoms with Gasteiger partial charge in [-0.05, 0) is 30.2 Å². The predicted octanol–water partition coefficient (Wildman–Crippen LogP) is 3.47. The molecule has 0 heterocycles. The van der Waals surface area contributed by atoms with Gasteiger partial charge in [-0.25, -0.2) is 4.79 Å². The van der Waals surface area contributed by atoms with Crippen molar-refractivity contribution in [3.8, 4) is 5.75 Å². The summed E-state index contributed by atoms with van der Waals surface area (Å²) in [6.45, 7) is 2.04. The highest BCUT2D eigenvalue weighted by Gasteiger charge is 2.09. The Kier molecular flexibility index (Phi) is 3.55. The lowest BCUT2D eigenvalue weighted by atomic mass is 10.1. The standard InChI is InChI=1S/C15H14O2/c1-2-12-8-6-7-11-14(12)17-15(16)13-9-4-3-5-10-13/h3-11H,2H2,1H3. The van der Waals surface area contributed by atoms with E-state index in [9.17, 15) is 4.79 Å². The fourth-order valence-corrected chi connectivity index (χ4v) is 1.63. The van der Waals surface area contributed by atoms with Crippen molar-refractivity contribution >= 4 is 5.97 Å². The number of hydrogen-bond acceptors (Lipinski definition) is 2. The molecule has 2 aromatic carbocycles. The van der Waals surface area contributed by atoms with Gasteiger partial charge in [0.25, 0.3) is 0 Å². The van der Waals surface area contributed by atoms with Gasteiger partial charge in [0.05, 0.1) is 5.56 Å². The lowest BCUT2D eigenvalue weighted by Gasteiger charge is -2.08. The molecular formula is C15H14O2. The van der Waals surface area contributed by atoms with E-state index >= 15 is 0 Å². The average molecular weight is 226 g/mol. The summed E-state index contributed by atoms with van der Waals surface area (Å²) in [5, 5.41) is 0. The number of aryl methyl sites for hydroxylation is 1. The summed E-state index contributed by atoms with van der Waals surface area (Å²) < 4.78 is 5.38. The molecule has 0 atom stereocenters. The normalized spacial score (nSPS) is 9.94. The highest BCUT2D eigenvalue weighted by atomic mass is 16.5. The maximum atomic E-state index is 11.9. The highest BCUT2D eigenvalue weighted by Crippen LogP contribution is 2.19. The largest absolute Gasteiger partial charge is 0.423 e. The van der Waals surface area contributed by atoms with Crippen LogP contribution in [0.4, 0.5) is 0 Å². The minimum atomic E-state index is -0.313. The van der Waals surface area contributed by atoms with Crippen LogP contribution < -0.4 is 4.74 Å². The van der Waals surface area contributed by atoms with Crippen LogP contribution in [0.1, 0.15) is 22.8 Å². The third kappa shape index (κ3) is 2.72. The van der Waals surface area contributed by atoms with Gasteiger partial charge in [-0.2, -0.15) is 0 Å². The predicted molar refractivity (Wildman–Crippen MR) is 67.2 cm³/mol. The summed E-state index contributed by atoms with van der Waals surface area (Å²) in [6.07, 6.45) is 0.845. The second-order valence-electron chi connectivity index (χ2n) is 3.72. The first kappa shape index (κ1) is 11.4. The zero-order valence-corrected chi connectivity index (χ0v) is 9.72. The number of esters is 1. The lowest BCUT2D eigenvalue weighted by molar-refractivity contribution is 0.0733. The molecule has 0 radical (unpaired) electrons. The van der Waals surface area contributed by atoms with E-state index in [1.807, 2.05) is 49.4 Å². The van der Waals surface area contributed by atoms with Crippen LogP contribution in [0.15, 0.2) is 54.6 Å². The monoisotopic (exact) mass is 226 g/mol. The Bertz CT molecular complexity index is 503. The fourth-order valence-electron chi connectivity index (χ4n) is 1.63. The van der Waals surface area contributed by atoms with Gasteiger partial charge in [0, 0.05) is 0 Å². The maximum Gasteiger partial charge on any atom is 0.343 e. The van der Waals surface area contributed by atoms with Gasteiger partial charge in [-0.15, -0.1) is 0 Å². The van der Waals surface area contributed by atoms with Gasteiger partial charge in [-0.3, -0.25) is 0 Å². The van der Waals surface area contributed by atoms with Crippen LogP contribution in [-0.4, -0.2) is 5.97 Å². The molecule has 0 aliphatic rings. The summed E-state index contributed by atoms with van der Waals surface area (Å²) in [5.41, 5.74) is 1.61. The molecule has 17 heavy (non-hydrogen) atoms. The van der Waals surface area contributed by atoms with Crippen LogP contribution in [-0.2, 0) is 6.42 Å². The number of rotatable bonds is 3. The number of carbonyl (C=O) groups is 1. The Hall–Kier alpha value is -2.09. The molecule has 0 saturated carbocycles.